The van der Waals surface area contributed by atoms with E-state index in [2.05, 4.69) is 29.3 Å². The maximum atomic E-state index is 5.69. The number of aliphatic imine (C=N–C) groups is 1. The molecule has 0 bridgehead atoms. The highest BCUT2D eigenvalue weighted by Gasteiger charge is 2.42. The number of nitrogens with zero attached hydrogens (tertiary/aromatic N) is 2. The van der Waals surface area contributed by atoms with E-state index >= 15 is 0 Å². The molecule has 152 valence electrons. The minimum absolute atomic E-state index is 0. The molecular formula is C20H32IN3O3. The predicted octanol–water partition coefficient (Wildman–Crippen LogP) is 2.91. The largest absolute Gasteiger partial charge is 0.491 e. The van der Waals surface area contributed by atoms with E-state index in [1.54, 1.807) is 7.11 Å². The SMILES string of the molecule is CCNC(=NCc1cccc(OCCOC)c1)N1CCC2(CCOC2)C1.I. The summed E-state index contributed by atoms with van der Waals surface area (Å²) in [6.45, 7) is 8.67. The zero-order chi connectivity index (χ0) is 18.2. The normalized spacial score (nSPS) is 22.1. The molecule has 7 heteroatoms. The van der Waals surface area contributed by atoms with Gasteiger partial charge in [-0.1, -0.05) is 12.1 Å². The fourth-order valence-electron chi connectivity index (χ4n) is 3.66. The van der Waals surface area contributed by atoms with Crippen LogP contribution in [0.4, 0.5) is 0 Å². The van der Waals surface area contributed by atoms with Gasteiger partial charge in [0.15, 0.2) is 5.96 Å². The summed E-state index contributed by atoms with van der Waals surface area (Å²) < 4.78 is 16.4. The number of guanidine groups is 1. The van der Waals surface area contributed by atoms with Crippen molar-refractivity contribution in [3.63, 3.8) is 0 Å². The maximum absolute atomic E-state index is 5.69. The highest BCUT2D eigenvalue weighted by molar-refractivity contribution is 14.0. The standard InChI is InChI=1S/C20H31N3O3.HI/c1-3-21-19(23-9-7-20(15-23)8-10-25-16-20)22-14-17-5-4-6-18(13-17)26-12-11-24-2;/h4-6,13H,3,7-12,14-16H2,1-2H3,(H,21,22);1H. The Balaban J connectivity index is 0.00000261. The quantitative estimate of drug-likeness (QED) is 0.276. The van der Waals surface area contributed by atoms with E-state index in [1.807, 2.05) is 12.1 Å². The third-order valence-corrected chi connectivity index (χ3v) is 5.12. The van der Waals surface area contributed by atoms with Crippen LogP contribution in [0.3, 0.4) is 0 Å². The van der Waals surface area contributed by atoms with E-state index in [0.717, 1.165) is 50.1 Å². The van der Waals surface area contributed by atoms with Gasteiger partial charge in [0.25, 0.3) is 0 Å². The number of methoxy groups -OCH3 is 1. The van der Waals surface area contributed by atoms with E-state index in [1.165, 1.54) is 12.8 Å². The average Bonchev–Trinajstić information content (AvgIpc) is 3.29. The van der Waals surface area contributed by atoms with Gasteiger partial charge in [-0.25, -0.2) is 4.99 Å². The van der Waals surface area contributed by atoms with Crippen LogP contribution in [-0.2, 0) is 16.0 Å². The molecule has 1 atom stereocenters. The van der Waals surface area contributed by atoms with Gasteiger partial charge in [0.2, 0.25) is 0 Å². The van der Waals surface area contributed by atoms with E-state index < -0.39 is 0 Å². The number of hydrogen-bond acceptors (Lipinski definition) is 4. The van der Waals surface area contributed by atoms with Crippen molar-refractivity contribution in [3.8, 4) is 5.75 Å². The van der Waals surface area contributed by atoms with Crippen molar-refractivity contribution in [2.45, 2.75) is 26.3 Å². The fourth-order valence-corrected chi connectivity index (χ4v) is 3.66. The minimum Gasteiger partial charge on any atom is -0.491 e. The summed E-state index contributed by atoms with van der Waals surface area (Å²) >= 11 is 0. The number of nitrogens with one attached hydrogen (secondary N) is 1. The first-order chi connectivity index (χ1) is 12.7. The first-order valence-corrected chi connectivity index (χ1v) is 9.56. The summed E-state index contributed by atoms with van der Waals surface area (Å²) in [7, 11) is 1.68. The van der Waals surface area contributed by atoms with Crippen molar-refractivity contribution in [1.82, 2.24) is 10.2 Å². The molecular weight excluding hydrogens is 457 g/mol. The summed E-state index contributed by atoms with van der Waals surface area (Å²) in [5.74, 6) is 1.87. The summed E-state index contributed by atoms with van der Waals surface area (Å²) in [5.41, 5.74) is 1.49. The summed E-state index contributed by atoms with van der Waals surface area (Å²) in [6, 6.07) is 8.13. The number of ether oxygens (including phenoxy) is 3. The molecule has 2 fully saturated rings. The van der Waals surface area contributed by atoms with Gasteiger partial charge in [-0.2, -0.15) is 0 Å². The third-order valence-electron chi connectivity index (χ3n) is 5.12. The van der Waals surface area contributed by atoms with E-state index in [0.29, 0.717) is 25.2 Å². The Labute approximate surface area is 179 Å². The zero-order valence-corrected chi connectivity index (χ0v) is 18.7. The number of hydrogen-bond donors (Lipinski definition) is 1. The van der Waals surface area contributed by atoms with Crippen LogP contribution < -0.4 is 10.1 Å². The van der Waals surface area contributed by atoms with Gasteiger partial charge in [0.05, 0.1) is 19.8 Å². The van der Waals surface area contributed by atoms with Gasteiger partial charge in [-0.3, -0.25) is 0 Å². The first-order valence-electron chi connectivity index (χ1n) is 9.56. The van der Waals surface area contributed by atoms with Crippen LogP contribution in [0.25, 0.3) is 0 Å². The lowest BCUT2D eigenvalue weighted by molar-refractivity contribution is 0.146. The Morgan fingerprint density at radius 2 is 2.22 bits per heavy atom. The molecule has 0 aromatic heterocycles. The monoisotopic (exact) mass is 489 g/mol. The highest BCUT2D eigenvalue weighted by Crippen LogP contribution is 2.38. The number of halogens is 1. The molecule has 0 saturated carbocycles. The minimum atomic E-state index is 0. The number of rotatable bonds is 7. The van der Waals surface area contributed by atoms with Gasteiger partial charge in [-0.05, 0) is 37.5 Å². The molecule has 2 saturated heterocycles. The smallest absolute Gasteiger partial charge is 0.194 e. The summed E-state index contributed by atoms with van der Waals surface area (Å²) in [6.07, 6.45) is 2.37. The van der Waals surface area contributed by atoms with E-state index in [-0.39, 0.29) is 24.0 Å². The van der Waals surface area contributed by atoms with E-state index in [4.69, 9.17) is 19.2 Å². The Bertz CT molecular complexity index is 606. The van der Waals surface area contributed by atoms with Gasteiger partial charge < -0.3 is 24.4 Å². The second-order valence-corrected chi connectivity index (χ2v) is 7.13. The van der Waals surface area contributed by atoms with Crippen molar-refractivity contribution in [2.75, 3.05) is 53.2 Å². The number of likely N-dealkylation sites (tertiary alicyclic amines) is 1. The van der Waals surface area contributed by atoms with Gasteiger partial charge in [-0.15, -0.1) is 24.0 Å². The summed E-state index contributed by atoms with van der Waals surface area (Å²) in [4.78, 5) is 7.25. The van der Waals surface area contributed by atoms with E-state index in [9.17, 15) is 0 Å². The third kappa shape index (κ3) is 6.22. The molecule has 1 N–H and O–H groups in total. The molecule has 2 aliphatic rings. The van der Waals surface area contributed by atoms with Gasteiger partial charge in [0.1, 0.15) is 12.4 Å². The molecule has 2 aliphatic heterocycles. The van der Waals surface area contributed by atoms with Crippen LogP contribution in [0.1, 0.15) is 25.3 Å². The molecule has 6 nitrogen and oxygen atoms in total. The van der Waals surface area contributed by atoms with Crippen LogP contribution in [0, 0.1) is 5.41 Å². The van der Waals surface area contributed by atoms with Crippen molar-refractivity contribution in [2.24, 2.45) is 10.4 Å². The first kappa shape index (κ1) is 22.2. The van der Waals surface area contributed by atoms with Crippen molar-refractivity contribution < 1.29 is 14.2 Å². The van der Waals surface area contributed by atoms with Crippen molar-refractivity contribution in [3.05, 3.63) is 29.8 Å². The number of benzene rings is 1. The Hall–Kier alpha value is -1.06. The lowest BCUT2D eigenvalue weighted by atomic mass is 9.87. The lowest BCUT2D eigenvalue weighted by Crippen LogP contribution is -2.41. The summed E-state index contributed by atoms with van der Waals surface area (Å²) in [5, 5.41) is 3.45. The lowest BCUT2D eigenvalue weighted by Gasteiger charge is -2.25. The molecule has 0 aliphatic carbocycles. The second kappa shape index (κ2) is 11.1. The van der Waals surface area contributed by atoms with Crippen LogP contribution in [0.15, 0.2) is 29.3 Å². The predicted molar refractivity (Wildman–Crippen MR) is 118 cm³/mol. The van der Waals surface area contributed by atoms with Gasteiger partial charge in [0, 0.05) is 38.8 Å². The highest BCUT2D eigenvalue weighted by atomic mass is 127. The van der Waals surface area contributed by atoms with Crippen LogP contribution >= 0.6 is 24.0 Å². The molecule has 27 heavy (non-hydrogen) atoms. The maximum Gasteiger partial charge on any atom is 0.194 e. The molecule has 1 aromatic carbocycles. The second-order valence-electron chi connectivity index (χ2n) is 7.13. The molecule has 3 rings (SSSR count). The molecule has 0 amide bonds. The van der Waals surface area contributed by atoms with Crippen molar-refractivity contribution in [1.29, 1.82) is 0 Å². The molecule has 1 spiro atoms. The Morgan fingerprint density at radius 3 is 2.96 bits per heavy atom. The molecule has 0 radical (unpaired) electrons. The fraction of sp³-hybridized carbons (Fsp3) is 0.650. The van der Waals surface area contributed by atoms with Crippen LogP contribution in [0.2, 0.25) is 0 Å². The molecule has 2 heterocycles. The van der Waals surface area contributed by atoms with Gasteiger partial charge >= 0.3 is 0 Å². The van der Waals surface area contributed by atoms with Crippen LogP contribution in [-0.4, -0.2) is 64.0 Å². The zero-order valence-electron chi connectivity index (χ0n) is 16.4. The molecule has 1 aromatic rings. The van der Waals surface area contributed by atoms with Crippen molar-refractivity contribution >= 4 is 29.9 Å². The van der Waals surface area contributed by atoms with Crippen LogP contribution in [0.5, 0.6) is 5.75 Å². The Kier molecular flexibility index (Phi) is 9.11. The Morgan fingerprint density at radius 1 is 1.33 bits per heavy atom. The average molecular weight is 489 g/mol. The topological polar surface area (TPSA) is 55.3 Å². The molecule has 1 unspecified atom stereocenters.